The van der Waals surface area contributed by atoms with Gasteiger partial charge in [-0.3, -0.25) is 14.6 Å². The highest BCUT2D eigenvalue weighted by Gasteiger charge is 2.19. The van der Waals surface area contributed by atoms with Gasteiger partial charge in [0.2, 0.25) is 5.91 Å². The summed E-state index contributed by atoms with van der Waals surface area (Å²) in [5.41, 5.74) is -0.0159. The van der Waals surface area contributed by atoms with E-state index in [9.17, 15) is 14.0 Å². The molecule has 0 unspecified atom stereocenters. The minimum Gasteiger partial charge on any atom is -0.335 e. The molecule has 0 saturated carbocycles. The second-order valence-electron chi connectivity index (χ2n) is 5.97. The molecular formula is C19H18FN3O2. The van der Waals surface area contributed by atoms with E-state index in [1.54, 1.807) is 38.1 Å². The van der Waals surface area contributed by atoms with Crippen LogP contribution >= 0.6 is 0 Å². The van der Waals surface area contributed by atoms with E-state index >= 15 is 0 Å². The number of hydrogen-bond donors (Lipinski definition) is 2. The van der Waals surface area contributed by atoms with Gasteiger partial charge in [0.1, 0.15) is 11.5 Å². The number of nitrogens with zero attached hydrogens (tertiary/aromatic N) is 1. The first-order valence-electron chi connectivity index (χ1n) is 7.60. The Labute approximate surface area is 145 Å². The van der Waals surface area contributed by atoms with Crippen molar-refractivity contribution in [3.8, 4) is 12.3 Å². The molecule has 6 heteroatoms. The van der Waals surface area contributed by atoms with Crippen LogP contribution in [0.3, 0.4) is 0 Å². The molecule has 128 valence electrons. The van der Waals surface area contributed by atoms with Crippen LogP contribution in [0.5, 0.6) is 0 Å². The molecule has 2 rings (SSSR count). The van der Waals surface area contributed by atoms with Gasteiger partial charge in [-0.1, -0.05) is 24.1 Å². The number of pyridine rings is 1. The average molecular weight is 339 g/mol. The maximum Gasteiger partial charge on any atom is 0.271 e. The van der Waals surface area contributed by atoms with E-state index in [1.165, 1.54) is 18.3 Å². The van der Waals surface area contributed by atoms with Crippen molar-refractivity contribution < 1.29 is 14.0 Å². The highest BCUT2D eigenvalue weighted by molar-refractivity contribution is 5.96. The monoisotopic (exact) mass is 339 g/mol. The van der Waals surface area contributed by atoms with Crippen molar-refractivity contribution in [1.82, 2.24) is 10.3 Å². The standard InChI is InChI=1S/C19H18FN3O2/c1-4-19(2,3)23-18(25)16-12-14(9-10-21-16)22-17(24)11-13-7-5-6-8-15(13)20/h1,5-10,12H,11H2,2-3H3,(H,23,25)(H,21,22,24). The fraction of sp³-hybridized carbons (Fsp3) is 0.211. The smallest absolute Gasteiger partial charge is 0.271 e. The van der Waals surface area contributed by atoms with Crippen LogP contribution in [-0.4, -0.2) is 22.3 Å². The maximum atomic E-state index is 13.6. The van der Waals surface area contributed by atoms with E-state index in [0.29, 0.717) is 11.3 Å². The van der Waals surface area contributed by atoms with Crippen molar-refractivity contribution in [2.24, 2.45) is 0 Å². The molecular weight excluding hydrogens is 321 g/mol. The molecule has 25 heavy (non-hydrogen) atoms. The summed E-state index contributed by atoms with van der Waals surface area (Å²) in [6.07, 6.45) is 6.63. The van der Waals surface area contributed by atoms with Crippen LogP contribution in [0.4, 0.5) is 10.1 Å². The zero-order valence-corrected chi connectivity index (χ0v) is 14.0. The summed E-state index contributed by atoms with van der Waals surface area (Å²) in [5, 5.41) is 5.27. The van der Waals surface area contributed by atoms with Crippen molar-refractivity contribution in [3.63, 3.8) is 0 Å². The van der Waals surface area contributed by atoms with Gasteiger partial charge in [0.25, 0.3) is 5.91 Å². The molecule has 2 amide bonds. The second kappa shape index (κ2) is 7.58. The van der Waals surface area contributed by atoms with Gasteiger partial charge in [-0.15, -0.1) is 6.42 Å². The number of halogens is 1. The van der Waals surface area contributed by atoms with E-state index in [-0.39, 0.29) is 12.1 Å². The zero-order valence-electron chi connectivity index (χ0n) is 14.0. The Morgan fingerprint density at radius 1 is 1.28 bits per heavy atom. The molecule has 0 bridgehead atoms. The molecule has 0 aliphatic rings. The topological polar surface area (TPSA) is 71.1 Å². The van der Waals surface area contributed by atoms with Crippen molar-refractivity contribution in [1.29, 1.82) is 0 Å². The van der Waals surface area contributed by atoms with Gasteiger partial charge < -0.3 is 10.6 Å². The highest BCUT2D eigenvalue weighted by atomic mass is 19.1. The molecule has 0 spiro atoms. The van der Waals surface area contributed by atoms with Gasteiger partial charge in [-0.2, -0.15) is 0 Å². The molecule has 0 radical (unpaired) electrons. The number of anilines is 1. The molecule has 1 aromatic carbocycles. The first kappa shape index (κ1) is 18.1. The fourth-order valence-electron chi connectivity index (χ4n) is 2.04. The molecule has 1 aromatic heterocycles. The van der Waals surface area contributed by atoms with Crippen LogP contribution in [0.2, 0.25) is 0 Å². The van der Waals surface area contributed by atoms with Crippen LogP contribution in [0.1, 0.15) is 29.9 Å². The molecule has 0 saturated heterocycles. The first-order chi connectivity index (χ1) is 11.8. The molecule has 1 heterocycles. The van der Waals surface area contributed by atoms with E-state index in [1.807, 2.05) is 0 Å². The van der Waals surface area contributed by atoms with Crippen molar-refractivity contribution in [2.45, 2.75) is 25.8 Å². The predicted molar refractivity (Wildman–Crippen MR) is 93.3 cm³/mol. The highest BCUT2D eigenvalue weighted by Crippen LogP contribution is 2.12. The molecule has 0 aliphatic heterocycles. The van der Waals surface area contributed by atoms with Gasteiger partial charge in [0.05, 0.1) is 12.0 Å². The normalized spacial score (nSPS) is 10.6. The van der Waals surface area contributed by atoms with Gasteiger partial charge in [0, 0.05) is 11.9 Å². The summed E-state index contributed by atoms with van der Waals surface area (Å²) in [6.45, 7) is 3.37. The summed E-state index contributed by atoms with van der Waals surface area (Å²) in [5.74, 6) is 1.17. The Morgan fingerprint density at radius 3 is 2.68 bits per heavy atom. The molecule has 2 N–H and O–H groups in total. The summed E-state index contributed by atoms with van der Waals surface area (Å²) in [7, 11) is 0. The van der Waals surface area contributed by atoms with E-state index < -0.39 is 23.2 Å². The van der Waals surface area contributed by atoms with Crippen molar-refractivity contribution >= 4 is 17.5 Å². The van der Waals surface area contributed by atoms with E-state index in [4.69, 9.17) is 6.42 Å². The average Bonchev–Trinajstić information content (AvgIpc) is 2.57. The Balaban J connectivity index is 2.06. The van der Waals surface area contributed by atoms with E-state index in [0.717, 1.165) is 0 Å². The SMILES string of the molecule is C#CC(C)(C)NC(=O)c1cc(NC(=O)Cc2ccccc2F)ccn1. The Kier molecular flexibility index (Phi) is 5.50. The summed E-state index contributed by atoms with van der Waals surface area (Å²) < 4.78 is 13.6. The lowest BCUT2D eigenvalue weighted by Gasteiger charge is -2.19. The minimum absolute atomic E-state index is 0.110. The molecule has 5 nitrogen and oxygen atoms in total. The van der Waals surface area contributed by atoms with Gasteiger partial charge in [-0.05, 0) is 37.6 Å². The third kappa shape index (κ3) is 5.15. The van der Waals surface area contributed by atoms with Crippen LogP contribution in [0, 0.1) is 18.2 Å². The minimum atomic E-state index is -0.817. The summed E-state index contributed by atoms with van der Waals surface area (Å²) >= 11 is 0. The Morgan fingerprint density at radius 2 is 2.00 bits per heavy atom. The lowest BCUT2D eigenvalue weighted by molar-refractivity contribution is -0.115. The molecule has 0 fully saturated rings. The lowest BCUT2D eigenvalue weighted by atomic mass is 10.1. The first-order valence-corrected chi connectivity index (χ1v) is 7.60. The number of terminal acetylenes is 1. The van der Waals surface area contributed by atoms with Gasteiger partial charge in [0.15, 0.2) is 0 Å². The third-order valence-corrected chi connectivity index (χ3v) is 3.37. The number of amides is 2. The maximum absolute atomic E-state index is 13.6. The number of benzene rings is 1. The number of rotatable bonds is 5. The van der Waals surface area contributed by atoms with E-state index in [2.05, 4.69) is 21.5 Å². The zero-order chi connectivity index (χ0) is 18.4. The number of carbonyl (C=O) groups is 2. The number of nitrogens with one attached hydrogen (secondary N) is 2. The summed E-state index contributed by atoms with van der Waals surface area (Å²) in [6, 6.07) is 9.03. The fourth-order valence-corrected chi connectivity index (χ4v) is 2.04. The number of aromatic nitrogens is 1. The van der Waals surface area contributed by atoms with Crippen molar-refractivity contribution in [2.75, 3.05) is 5.32 Å². The predicted octanol–water partition coefficient (Wildman–Crippen LogP) is 2.54. The summed E-state index contributed by atoms with van der Waals surface area (Å²) in [4.78, 5) is 28.2. The number of carbonyl (C=O) groups excluding carboxylic acids is 2. The van der Waals surface area contributed by atoms with Gasteiger partial charge >= 0.3 is 0 Å². The second-order valence-corrected chi connectivity index (χ2v) is 5.97. The van der Waals surface area contributed by atoms with Crippen LogP contribution in [0.25, 0.3) is 0 Å². The Bertz CT molecular complexity index is 841. The van der Waals surface area contributed by atoms with Crippen LogP contribution in [-0.2, 0) is 11.2 Å². The molecule has 2 aromatic rings. The van der Waals surface area contributed by atoms with Crippen LogP contribution in [0.15, 0.2) is 42.6 Å². The molecule has 0 atom stereocenters. The quantitative estimate of drug-likeness (QED) is 0.823. The number of hydrogen-bond acceptors (Lipinski definition) is 3. The third-order valence-electron chi connectivity index (χ3n) is 3.37. The molecule has 0 aliphatic carbocycles. The lowest BCUT2D eigenvalue weighted by Crippen LogP contribution is -2.42. The van der Waals surface area contributed by atoms with Crippen LogP contribution < -0.4 is 10.6 Å². The van der Waals surface area contributed by atoms with Gasteiger partial charge in [-0.25, -0.2) is 4.39 Å². The van der Waals surface area contributed by atoms with Crippen molar-refractivity contribution in [3.05, 3.63) is 59.7 Å². The Hall–Kier alpha value is -3.20. The largest absolute Gasteiger partial charge is 0.335 e.